The fourth-order valence-electron chi connectivity index (χ4n) is 2.32. The van der Waals surface area contributed by atoms with Crippen LogP contribution in [0.4, 0.5) is 0 Å². The molecule has 0 saturated heterocycles. The second-order valence-electron chi connectivity index (χ2n) is 4.15. The molecular weight excluding hydrogens is 178 g/mol. The summed E-state index contributed by atoms with van der Waals surface area (Å²) in [7, 11) is 0. The molecule has 0 bridgehead atoms. The molecule has 1 aliphatic carbocycles. The summed E-state index contributed by atoms with van der Waals surface area (Å²) in [6.07, 6.45) is 4.95. The minimum atomic E-state index is 0.00877. The molecule has 2 unspecified atom stereocenters. The second kappa shape index (κ2) is 3.43. The maximum atomic E-state index is 6.40. The number of rotatable bonds is 2. The molecule has 1 saturated carbocycles. The first-order valence-corrected chi connectivity index (χ1v) is 5.95. The van der Waals surface area contributed by atoms with E-state index in [0.29, 0.717) is 0 Å². The topological polar surface area (TPSA) is 26.0 Å². The summed E-state index contributed by atoms with van der Waals surface area (Å²) in [6, 6.07) is 4.29. The van der Waals surface area contributed by atoms with Gasteiger partial charge in [-0.15, -0.1) is 11.3 Å². The van der Waals surface area contributed by atoms with Crippen LogP contribution >= 0.6 is 11.3 Å². The molecule has 1 aliphatic rings. The monoisotopic (exact) mass is 195 g/mol. The molecule has 2 atom stereocenters. The van der Waals surface area contributed by atoms with Gasteiger partial charge in [-0.05, 0) is 36.6 Å². The van der Waals surface area contributed by atoms with E-state index < -0.39 is 0 Å². The van der Waals surface area contributed by atoms with Crippen molar-refractivity contribution in [1.82, 2.24) is 0 Å². The Labute approximate surface area is 84.0 Å². The highest BCUT2D eigenvalue weighted by Gasteiger charge is 2.36. The van der Waals surface area contributed by atoms with E-state index in [1.807, 2.05) is 0 Å². The van der Waals surface area contributed by atoms with Crippen LogP contribution in [0.3, 0.4) is 0 Å². The molecule has 1 nitrogen and oxygen atoms in total. The predicted octanol–water partition coefficient (Wildman–Crippen LogP) is 3.11. The van der Waals surface area contributed by atoms with Crippen LogP contribution in [0.15, 0.2) is 17.5 Å². The third kappa shape index (κ3) is 1.65. The van der Waals surface area contributed by atoms with Crippen LogP contribution in [-0.2, 0) is 5.54 Å². The largest absolute Gasteiger partial charge is 0.321 e. The zero-order valence-corrected chi connectivity index (χ0v) is 8.94. The molecule has 2 heteroatoms. The Kier molecular flexibility index (Phi) is 2.43. The summed E-state index contributed by atoms with van der Waals surface area (Å²) in [6.45, 7) is 2.27. The van der Waals surface area contributed by atoms with Crippen molar-refractivity contribution in [3.8, 4) is 0 Å². The van der Waals surface area contributed by atoms with Gasteiger partial charge in [0.2, 0.25) is 0 Å². The molecule has 2 N–H and O–H groups in total. The summed E-state index contributed by atoms with van der Waals surface area (Å²) in [4.78, 5) is 1.38. The standard InChI is InChI=1S/C11H17NS/c1-2-9-5-6-11(12,8-9)10-4-3-7-13-10/h3-4,7,9H,2,5-6,8,12H2,1H3. The van der Waals surface area contributed by atoms with Crippen LogP contribution in [0.25, 0.3) is 0 Å². The van der Waals surface area contributed by atoms with Gasteiger partial charge in [0.05, 0.1) is 5.54 Å². The van der Waals surface area contributed by atoms with Gasteiger partial charge in [-0.1, -0.05) is 19.4 Å². The lowest BCUT2D eigenvalue weighted by Crippen LogP contribution is -2.32. The van der Waals surface area contributed by atoms with E-state index in [2.05, 4.69) is 24.4 Å². The van der Waals surface area contributed by atoms with E-state index in [0.717, 1.165) is 5.92 Å². The summed E-state index contributed by atoms with van der Waals surface area (Å²) < 4.78 is 0. The zero-order chi connectivity index (χ0) is 9.31. The van der Waals surface area contributed by atoms with Crippen LogP contribution in [0.5, 0.6) is 0 Å². The van der Waals surface area contributed by atoms with Crippen LogP contribution in [-0.4, -0.2) is 0 Å². The summed E-state index contributed by atoms with van der Waals surface area (Å²) in [5.41, 5.74) is 6.41. The number of nitrogens with two attached hydrogens (primary N) is 1. The average molecular weight is 195 g/mol. The molecule has 0 aliphatic heterocycles. The van der Waals surface area contributed by atoms with Gasteiger partial charge in [0.1, 0.15) is 0 Å². The molecule has 0 radical (unpaired) electrons. The lowest BCUT2D eigenvalue weighted by Gasteiger charge is -2.22. The fourth-order valence-corrected chi connectivity index (χ4v) is 3.20. The Hall–Kier alpha value is -0.340. The smallest absolute Gasteiger partial charge is 0.0506 e. The van der Waals surface area contributed by atoms with Crippen LogP contribution < -0.4 is 5.73 Å². The Morgan fingerprint density at radius 3 is 3.08 bits per heavy atom. The molecule has 0 aromatic carbocycles. The molecule has 72 valence electrons. The SMILES string of the molecule is CCC1CCC(N)(c2cccs2)C1. The van der Waals surface area contributed by atoms with Crippen molar-refractivity contribution in [1.29, 1.82) is 0 Å². The van der Waals surface area contributed by atoms with Crippen molar-refractivity contribution >= 4 is 11.3 Å². The minimum Gasteiger partial charge on any atom is -0.321 e. The molecule has 1 aromatic heterocycles. The molecule has 0 amide bonds. The van der Waals surface area contributed by atoms with Crippen molar-refractivity contribution in [2.45, 2.75) is 38.1 Å². The normalized spacial score (nSPS) is 33.8. The molecule has 0 spiro atoms. The Balaban J connectivity index is 2.15. The van der Waals surface area contributed by atoms with E-state index in [-0.39, 0.29) is 5.54 Å². The maximum Gasteiger partial charge on any atom is 0.0506 e. The summed E-state index contributed by atoms with van der Waals surface area (Å²) in [5, 5.41) is 2.13. The van der Waals surface area contributed by atoms with E-state index in [9.17, 15) is 0 Å². The first kappa shape index (κ1) is 9.22. The van der Waals surface area contributed by atoms with E-state index in [1.165, 1.54) is 30.6 Å². The summed E-state index contributed by atoms with van der Waals surface area (Å²) in [5.74, 6) is 0.854. The van der Waals surface area contributed by atoms with Gasteiger partial charge >= 0.3 is 0 Å². The van der Waals surface area contributed by atoms with Gasteiger partial charge < -0.3 is 5.73 Å². The van der Waals surface area contributed by atoms with Crippen molar-refractivity contribution in [3.05, 3.63) is 22.4 Å². The highest BCUT2D eigenvalue weighted by Crippen LogP contribution is 2.42. The molecular formula is C11H17NS. The van der Waals surface area contributed by atoms with Gasteiger partial charge in [-0.3, -0.25) is 0 Å². The quantitative estimate of drug-likeness (QED) is 0.771. The number of hydrogen-bond acceptors (Lipinski definition) is 2. The predicted molar refractivity (Wildman–Crippen MR) is 57.8 cm³/mol. The van der Waals surface area contributed by atoms with Gasteiger partial charge in [0.25, 0.3) is 0 Å². The lowest BCUT2D eigenvalue weighted by molar-refractivity contribution is 0.431. The number of thiophene rings is 1. The fraction of sp³-hybridized carbons (Fsp3) is 0.636. The molecule has 2 rings (SSSR count). The third-order valence-electron chi connectivity index (χ3n) is 3.24. The summed E-state index contributed by atoms with van der Waals surface area (Å²) >= 11 is 1.81. The van der Waals surface area contributed by atoms with Crippen molar-refractivity contribution in [3.63, 3.8) is 0 Å². The zero-order valence-electron chi connectivity index (χ0n) is 8.12. The first-order valence-electron chi connectivity index (χ1n) is 5.07. The van der Waals surface area contributed by atoms with E-state index >= 15 is 0 Å². The van der Waals surface area contributed by atoms with Crippen LogP contribution in [0, 0.1) is 5.92 Å². The highest BCUT2D eigenvalue weighted by atomic mass is 32.1. The minimum absolute atomic E-state index is 0.00877. The lowest BCUT2D eigenvalue weighted by atomic mass is 9.94. The molecule has 1 aromatic rings. The Morgan fingerprint density at radius 1 is 1.69 bits per heavy atom. The molecule has 1 heterocycles. The Morgan fingerprint density at radius 2 is 2.54 bits per heavy atom. The Bertz CT molecular complexity index is 268. The van der Waals surface area contributed by atoms with E-state index in [1.54, 1.807) is 11.3 Å². The van der Waals surface area contributed by atoms with Crippen molar-refractivity contribution in [2.75, 3.05) is 0 Å². The maximum absolute atomic E-state index is 6.40. The molecule has 1 fully saturated rings. The van der Waals surface area contributed by atoms with Crippen LogP contribution in [0.2, 0.25) is 0 Å². The highest BCUT2D eigenvalue weighted by molar-refractivity contribution is 7.10. The average Bonchev–Trinajstić information content (AvgIpc) is 2.72. The second-order valence-corrected chi connectivity index (χ2v) is 5.10. The van der Waals surface area contributed by atoms with Gasteiger partial charge in [0.15, 0.2) is 0 Å². The van der Waals surface area contributed by atoms with Gasteiger partial charge in [-0.2, -0.15) is 0 Å². The van der Waals surface area contributed by atoms with Gasteiger partial charge in [-0.25, -0.2) is 0 Å². The van der Waals surface area contributed by atoms with Gasteiger partial charge in [0, 0.05) is 4.88 Å². The van der Waals surface area contributed by atoms with Crippen molar-refractivity contribution in [2.24, 2.45) is 11.7 Å². The first-order chi connectivity index (χ1) is 6.24. The van der Waals surface area contributed by atoms with Crippen molar-refractivity contribution < 1.29 is 0 Å². The third-order valence-corrected chi connectivity index (χ3v) is 4.33. The molecule has 13 heavy (non-hydrogen) atoms. The van der Waals surface area contributed by atoms with E-state index in [4.69, 9.17) is 5.73 Å². The number of hydrogen-bond donors (Lipinski definition) is 1. The van der Waals surface area contributed by atoms with Crippen LogP contribution in [0.1, 0.15) is 37.5 Å².